The lowest BCUT2D eigenvalue weighted by Crippen LogP contribution is -2.46. The normalized spacial score (nSPS) is 18.7. The molecule has 1 aromatic carbocycles. The van der Waals surface area contributed by atoms with E-state index in [1.807, 2.05) is 31.2 Å². The highest BCUT2D eigenvalue weighted by Crippen LogP contribution is 2.22. The molecular weight excluding hydrogens is 350 g/mol. The summed E-state index contributed by atoms with van der Waals surface area (Å²) in [4.78, 5) is 12.0. The molecule has 1 unspecified atom stereocenters. The van der Waals surface area contributed by atoms with Gasteiger partial charge in [-0.25, -0.2) is 12.7 Å². The fourth-order valence-corrected chi connectivity index (χ4v) is 4.45. The zero-order valence-corrected chi connectivity index (χ0v) is 15.5. The number of benzene rings is 1. The van der Waals surface area contributed by atoms with Crippen LogP contribution in [-0.2, 0) is 20.6 Å². The van der Waals surface area contributed by atoms with Gasteiger partial charge in [-0.1, -0.05) is 29.8 Å². The van der Waals surface area contributed by atoms with Gasteiger partial charge >= 0.3 is 0 Å². The summed E-state index contributed by atoms with van der Waals surface area (Å²) < 4.78 is 26.7. The SMILES string of the molecule is Cc1cccc(CS(=O)(=O)N2CCCC(C(=O)NCCN)C2)c1.Cl. The Bertz CT molecular complexity index is 652. The van der Waals surface area contributed by atoms with Gasteiger partial charge in [0.25, 0.3) is 0 Å². The summed E-state index contributed by atoms with van der Waals surface area (Å²) >= 11 is 0. The Morgan fingerprint density at radius 1 is 1.42 bits per heavy atom. The number of piperidine rings is 1. The number of nitrogens with zero attached hydrogens (tertiary/aromatic N) is 1. The largest absolute Gasteiger partial charge is 0.355 e. The first-order valence-corrected chi connectivity index (χ1v) is 9.54. The minimum atomic E-state index is -3.41. The standard InChI is InChI=1S/C16H25N3O3S.ClH/c1-13-4-2-5-14(10-13)12-23(21,22)19-9-3-6-15(11-19)16(20)18-8-7-17;/h2,4-5,10,15H,3,6-9,11-12,17H2,1H3,(H,18,20);1H. The topological polar surface area (TPSA) is 92.5 Å². The number of aryl methyl sites for hydroxylation is 1. The zero-order valence-electron chi connectivity index (χ0n) is 13.9. The predicted octanol–water partition coefficient (Wildman–Crippen LogP) is 1.03. The van der Waals surface area contributed by atoms with E-state index in [1.54, 1.807) is 0 Å². The van der Waals surface area contributed by atoms with Crippen LogP contribution in [0, 0.1) is 12.8 Å². The van der Waals surface area contributed by atoms with Crippen LogP contribution in [0.25, 0.3) is 0 Å². The average Bonchev–Trinajstić information content (AvgIpc) is 2.52. The molecule has 1 atom stereocenters. The van der Waals surface area contributed by atoms with Crippen molar-refractivity contribution < 1.29 is 13.2 Å². The van der Waals surface area contributed by atoms with Crippen LogP contribution in [0.3, 0.4) is 0 Å². The van der Waals surface area contributed by atoms with Crippen LogP contribution in [-0.4, -0.2) is 44.8 Å². The van der Waals surface area contributed by atoms with Crippen LogP contribution in [0.5, 0.6) is 0 Å². The Hall–Kier alpha value is -1.15. The van der Waals surface area contributed by atoms with Crippen LogP contribution < -0.4 is 11.1 Å². The van der Waals surface area contributed by atoms with Gasteiger partial charge < -0.3 is 11.1 Å². The highest BCUT2D eigenvalue weighted by Gasteiger charge is 2.32. The van der Waals surface area contributed by atoms with E-state index in [0.29, 0.717) is 32.5 Å². The van der Waals surface area contributed by atoms with Gasteiger partial charge in [0.05, 0.1) is 11.7 Å². The Kier molecular flexibility index (Phi) is 8.15. The molecule has 8 heteroatoms. The molecule has 24 heavy (non-hydrogen) atoms. The van der Waals surface area contributed by atoms with E-state index in [0.717, 1.165) is 11.1 Å². The maximum Gasteiger partial charge on any atom is 0.224 e. The van der Waals surface area contributed by atoms with Gasteiger partial charge in [-0.15, -0.1) is 12.4 Å². The van der Waals surface area contributed by atoms with Crippen LogP contribution in [0.2, 0.25) is 0 Å². The van der Waals surface area contributed by atoms with Crippen LogP contribution in [0.4, 0.5) is 0 Å². The van der Waals surface area contributed by atoms with Gasteiger partial charge in [-0.3, -0.25) is 4.79 Å². The van der Waals surface area contributed by atoms with Gasteiger partial charge in [0.1, 0.15) is 0 Å². The Balaban J connectivity index is 0.00000288. The number of nitrogens with two attached hydrogens (primary N) is 1. The smallest absolute Gasteiger partial charge is 0.224 e. The Morgan fingerprint density at radius 3 is 2.83 bits per heavy atom. The first-order valence-electron chi connectivity index (χ1n) is 7.93. The molecule has 0 aliphatic carbocycles. The first kappa shape index (κ1) is 20.9. The van der Waals surface area contributed by atoms with E-state index >= 15 is 0 Å². The molecule has 1 heterocycles. The number of carbonyl (C=O) groups excluding carboxylic acids is 1. The van der Waals surface area contributed by atoms with E-state index in [-0.39, 0.29) is 36.5 Å². The number of sulfonamides is 1. The van der Waals surface area contributed by atoms with Crippen molar-refractivity contribution in [3.63, 3.8) is 0 Å². The minimum absolute atomic E-state index is 0. The fourth-order valence-electron chi connectivity index (χ4n) is 2.85. The lowest BCUT2D eigenvalue weighted by molar-refractivity contribution is -0.126. The molecular formula is C16H26ClN3O3S. The van der Waals surface area contributed by atoms with Crippen LogP contribution in [0.15, 0.2) is 24.3 Å². The molecule has 3 N–H and O–H groups in total. The first-order chi connectivity index (χ1) is 10.9. The number of halogens is 1. The number of rotatable bonds is 6. The van der Waals surface area contributed by atoms with Crippen LogP contribution in [0.1, 0.15) is 24.0 Å². The molecule has 1 saturated heterocycles. The number of carbonyl (C=O) groups is 1. The van der Waals surface area contributed by atoms with E-state index < -0.39 is 10.0 Å². The lowest BCUT2D eigenvalue weighted by atomic mass is 9.99. The molecule has 0 spiro atoms. The van der Waals surface area contributed by atoms with E-state index in [1.165, 1.54) is 4.31 Å². The second-order valence-electron chi connectivity index (χ2n) is 6.02. The maximum atomic E-state index is 12.6. The number of hydrogen-bond donors (Lipinski definition) is 2. The molecule has 0 radical (unpaired) electrons. The van der Waals surface area contributed by atoms with E-state index in [9.17, 15) is 13.2 Å². The van der Waals surface area contributed by atoms with Crippen molar-refractivity contribution in [2.75, 3.05) is 26.2 Å². The van der Waals surface area contributed by atoms with E-state index in [2.05, 4.69) is 5.32 Å². The highest BCUT2D eigenvalue weighted by molar-refractivity contribution is 7.88. The highest BCUT2D eigenvalue weighted by atomic mass is 35.5. The fraction of sp³-hybridized carbons (Fsp3) is 0.562. The van der Waals surface area contributed by atoms with Crippen molar-refractivity contribution in [1.82, 2.24) is 9.62 Å². The summed E-state index contributed by atoms with van der Waals surface area (Å²) in [5.74, 6) is -0.417. The lowest BCUT2D eigenvalue weighted by Gasteiger charge is -2.31. The third-order valence-corrected chi connectivity index (χ3v) is 5.84. The molecule has 136 valence electrons. The summed E-state index contributed by atoms with van der Waals surface area (Å²) in [6.45, 7) is 3.48. The Morgan fingerprint density at radius 2 is 2.17 bits per heavy atom. The quantitative estimate of drug-likeness (QED) is 0.776. The van der Waals surface area contributed by atoms with Crippen molar-refractivity contribution in [3.8, 4) is 0 Å². The second kappa shape index (κ2) is 9.36. The second-order valence-corrected chi connectivity index (χ2v) is 7.99. The monoisotopic (exact) mass is 375 g/mol. The average molecular weight is 376 g/mol. The third-order valence-electron chi connectivity index (χ3n) is 4.02. The van der Waals surface area contributed by atoms with E-state index in [4.69, 9.17) is 5.73 Å². The van der Waals surface area contributed by atoms with Crippen molar-refractivity contribution in [3.05, 3.63) is 35.4 Å². The molecule has 1 fully saturated rings. The predicted molar refractivity (Wildman–Crippen MR) is 97.4 cm³/mol. The third kappa shape index (κ3) is 5.73. The van der Waals surface area contributed by atoms with Gasteiger partial charge in [-0.2, -0.15) is 0 Å². The summed E-state index contributed by atoms with van der Waals surface area (Å²) in [5.41, 5.74) is 7.19. The zero-order chi connectivity index (χ0) is 16.9. The molecule has 1 amide bonds. The molecule has 1 aliphatic rings. The molecule has 6 nitrogen and oxygen atoms in total. The van der Waals surface area contributed by atoms with Crippen LogP contribution >= 0.6 is 12.4 Å². The van der Waals surface area contributed by atoms with Gasteiger partial charge in [0.15, 0.2) is 0 Å². The van der Waals surface area contributed by atoms with Gasteiger partial charge in [0.2, 0.25) is 15.9 Å². The molecule has 0 saturated carbocycles. The van der Waals surface area contributed by atoms with Crippen molar-refractivity contribution in [2.24, 2.45) is 11.7 Å². The van der Waals surface area contributed by atoms with Crippen molar-refractivity contribution >= 4 is 28.3 Å². The summed E-state index contributed by atoms with van der Waals surface area (Å²) in [6.07, 6.45) is 1.42. The Labute approximate surface area is 150 Å². The van der Waals surface area contributed by atoms with Gasteiger partial charge in [0, 0.05) is 26.2 Å². The number of amides is 1. The minimum Gasteiger partial charge on any atom is -0.355 e. The number of nitrogens with one attached hydrogen (secondary N) is 1. The molecule has 1 aliphatic heterocycles. The molecule has 0 aromatic heterocycles. The summed E-state index contributed by atoms with van der Waals surface area (Å²) in [5, 5.41) is 2.75. The van der Waals surface area contributed by atoms with Crippen molar-refractivity contribution in [2.45, 2.75) is 25.5 Å². The number of hydrogen-bond acceptors (Lipinski definition) is 4. The molecule has 2 rings (SSSR count). The summed E-state index contributed by atoms with van der Waals surface area (Å²) in [6, 6.07) is 7.50. The van der Waals surface area contributed by atoms with Crippen molar-refractivity contribution in [1.29, 1.82) is 0 Å². The van der Waals surface area contributed by atoms with Gasteiger partial charge in [-0.05, 0) is 25.3 Å². The maximum absolute atomic E-state index is 12.6. The summed E-state index contributed by atoms with van der Waals surface area (Å²) in [7, 11) is -3.41. The molecule has 0 bridgehead atoms. The molecule has 1 aromatic rings.